The van der Waals surface area contributed by atoms with Crippen molar-refractivity contribution < 1.29 is 17.9 Å². The van der Waals surface area contributed by atoms with Crippen LogP contribution in [-0.2, 0) is 10.0 Å². The van der Waals surface area contributed by atoms with E-state index in [4.69, 9.17) is 4.74 Å². The summed E-state index contributed by atoms with van der Waals surface area (Å²) in [6.45, 7) is 2.63. The van der Waals surface area contributed by atoms with Crippen molar-refractivity contribution in [3.63, 3.8) is 0 Å². The SMILES string of the molecule is CCCOc1ccc(-n2c(=O)ccc3cc(C(=O)Nc4cccc(S(=O)(=O)N(C)C)c4)[nH]c32)cc1. The number of sulfonamides is 1. The number of hydrogen-bond acceptors (Lipinski definition) is 5. The van der Waals surface area contributed by atoms with E-state index in [2.05, 4.69) is 10.3 Å². The minimum atomic E-state index is -3.64. The van der Waals surface area contributed by atoms with E-state index < -0.39 is 15.9 Å². The van der Waals surface area contributed by atoms with Gasteiger partial charge in [0.2, 0.25) is 10.0 Å². The maximum absolute atomic E-state index is 13.0. The van der Waals surface area contributed by atoms with Crippen LogP contribution in [0.15, 0.2) is 76.4 Å². The second-order valence-corrected chi connectivity index (χ2v) is 10.3. The molecule has 0 fully saturated rings. The lowest BCUT2D eigenvalue weighted by molar-refractivity contribution is 0.102. The zero-order chi connectivity index (χ0) is 25.2. The summed E-state index contributed by atoms with van der Waals surface area (Å²) in [4.78, 5) is 28.7. The van der Waals surface area contributed by atoms with Gasteiger partial charge in [-0.3, -0.25) is 14.2 Å². The van der Waals surface area contributed by atoms with Gasteiger partial charge >= 0.3 is 0 Å². The Hall–Kier alpha value is -3.89. The van der Waals surface area contributed by atoms with Crippen LogP contribution in [0.4, 0.5) is 5.69 Å². The van der Waals surface area contributed by atoms with Crippen LogP contribution >= 0.6 is 0 Å². The average Bonchev–Trinajstić information content (AvgIpc) is 3.28. The monoisotopic (exact) mass is 494 g/mol. The number of aromatic amines is 1. The second-order valence-electron chi connectivity index (χ2n) is 8.11. The molecule has 35 heavy (non-hydrogen) atoms. The third-order valence-corrected chi connectivity index (χ3v) is 7.17. The first-order valence-electron chi connectivity index (χ1n) is 11.0. The number of rotatable bonds is 8. The molecular formula is C25H26N4O5S. The van der Waals surface area contributed by atoms with E-state index in [0.29, 0.717) is 34.8 Å². The van der Waals surface area contributed by atoms with E-state index in [1.54, 1.807) is 48.5 Å². The first-order chi connectivity index (χ1) is 16.7. The van der Waals surface area contributed by atoms with E-state index in [9.17, 15) is 18.0 Å². The second kappa shape index (κ2) is 9.77. The van der Waals surface area contributed by atoms with Crippen LogP contribution in [0.25, 0.3) is 16.7 Å². The number of anilines is 1. The highest BCUT2D eigenvalue weighted by molar-refractivity contribution is 7.89. The molecule has 2 aromatic heterocycles. The van der Waals surface area contributed by atoms with Gasteiger partial charge < -0.3 is 15.0 Å². The molecule has 0 atom stereocenters. The van der Waals surface area contributed by atoms with Gasteiger partial charge in [0.25, 0.3) is 11.5 Å². The molecule has 0 aliphatic rings. The van der Waals surface area contributed by atoms with Crippen molar-refractivity contribution >= 4 is 32.7 Å². The van der Waals surface area contributed by atoms with E-state index in [-0.39, 0.29) is 16.1 Å². The largest absolute Gasteiger partial charge is 0.494 e. The molecule has 0 radical (unpaired) electrons. The Morgan fingerprint density at radius 1 is 1.06 bits per heavy atom. The van der Waals surface area contributed by atoms with Crippen molar-refractivity contribution in [1.29, 1.82) is 0 Å². The van der Waals surface area contributed by atoms with E-state index >= 15 is 0 Å². The van der Waals surface area contributed by atoms with Gasteiger partial charge in [-0.15, -0.1) is 0 Å². The molecule has 0 spiro atoms. The highest BCUT2D eigenvalue weighted by Crippen LogP contribution is 2.22. The molecule has 0 unspecified atom stereocenters. The fourth-order valence-electron chi connectivity index (χ4n) is 3.55. The first kappa shape index (κ1) is 24.2. The normalized spacial score (nSPS) is 11.7. The molecule has 0 saturated heterocycles. The van der Waals surface area contributed by atoms with Crippen LogP contribution in [0.1, 0.15) is 23.8 Å². The number of amides is 1. The Morgan fingerprint density at radius 3 is 2.49 bits per heavy atom. The number of benzene rings is 2. The number of ether oxygens (including phenoxy) is 1. The fraction of sp³-hybridized carbons (Fsp3) is 0.200. The van der Waals surface area contributed by atoms with Gasteiger partial charge in [0.15, 0.2) is 0 Å². The molecule has 10 heteroatoms. The molecule has 0 aliphatic heterocycles. The number of H-pyrrole nitrogens is 1. The van der Waals surface area contributed by atoms with Gasteiger partial charge in [-0.05, 0) is 61.0 Å². The summed E-state index contributed by atoms with van der Waals surface area (Å²) < 4.78 is 33.0. The number of hydrogen-bond donors (Lipinski definition) is 2. The van der Waals surface area contributed by atoms with Crippen molar-refractivity contribution in [2.75, 3.05) is 26.0 Å². The number of nitrogens with zero attached hydrogens (tertiary/aromatic N) is 2. The third-order valence-electron chi connectivity index (χ3n) is 5.36. The maximum atomic E-state index is 13.0. The Balaban J connectivity index is 1.65. The summed E-state index contributed by atoms with van der Waals surface area (Å²) in [5, 5.41) is 3.39. The summed E-state index contributed by atoms with van der Waals surface area (Å²) in [5.41, 5.74) is 1.39. The van der Waals surface area contributed by atoms with Crippen molar-refractivity contribution in [3.8, 4) is 11.4 Å². The molecule has 182 valence electrons. The Bertz CT molecular complexity index is 1540. The van der Waals surface area contributed by atoms with Crippen LogP contribution in [-0.4, -0.2) is 48.9 Å². The molecule has 2 aromatic carbocycles. The van der Waals surface area contributed by atoms with Gasteiger partial charge in [0, 0.05) is 31.2 Å². The Labute approximate surface area is 203 Å². The lowest BCUT2D eigenvalue weighted by Crippen LogP contribution is -2.22. The molecule has 4 rings (SSSR count). The number of fused-ring (bicyclic) bond motifs is 1. The predicted octanol–water partition coefficient (Wildman–Crippen LogP) is 3.61. The summed E-state index contributed by atoms with van der Waals surface area (Å²) in [6, 6.07) is 17.9. The molecule has 2 N–H and O–H groups in total. The summed E-state index contributed by atoms with van der Waals surface area (Å²) in [6.07, 6.45) is 0.892. The van der Waals surface area contributed by atoms with E-state index in [1.807, 2.05) is 6.92 Å². The molecular weight excluding hydrogens is 468 g/mol. The van der Waals surface area contributed by atoms with E-state index in [0.717, 1.165) is 10.7 Å². The zero-order valence-corrected chi connectivity index (χ0v) is 20.4. The number of aromatic nitrogens is 2. The van der Waals surface area contributed by atoms with Crippen LogP contribution < -0.4 is 15.6 Å². The number of carbonyl (C=O) groups excluding carboxylic acids is 1. The topological polar surface area (TPSA) is 114 Å². The number of pyridine rings is 1. The Kier molecular flexibility index (Phi) is 6.77. The summed E-state index contributed by atoms with van der Waals surface area (Å²) in [5.74, 6) is 0.240. The molecule has 1 amide bonds. The minimum Gasteiger partial charge on any atom is -0.494 e. The molecule has 9 nitrogen and oxygen atoms in total. The van der Waals surface area contributed by atoms with Gasteiger partial charge in [0.1, 0.15) is 17.1 Å². The third kappa shape index (κ3) is 4.98. The lowest BCUT2D eigenvalue weighted by atomic mass is 10.2. The van der Waals surface area contributed by atoms with Gasteiger partial charge in [-0.1, -0.05) is 13.0 Å². The van der Waals surface area contributed by atoms with Crippen LogP contribution in [0.5, 0.6) is 5.75 Å². The Morgan fingerprint density at radius 2 is 1.80 bits per heavy atom. The predicted molar refractivity (Wildman–Crippen MR) is 135 cm³/mol. The molecule has 0 saturated carbocycles. The highest BCUT2D eigenvalue weighted by Gasteiger charge is 2.19. The minimum absolute atomic E-state index is 0.0668. The number of nitrogens with one attached hydrogen (secondary N) is 2. The van der Waals surface area contributed by atoms with E-state index in [1.165, 1.54) is 36.9 Å². The molecule has 2 heterocycles. The van der Waals surface area contributed by atoms with Crippen LogP contribution in [0.3, 0.4) is 0 Å². The summed E-state index contributed by atoms with van der Waals surface area (Å²) in [7, 11) is -0.761. The lowest BCUT2D eigenvalue weighted by Gasteiger charge is -2.12. The molecule has 0 aliphatic carbocycles. The highest BCUT2D eigenvalue weighted by atomic mass is 32.2. The zero-order valence-electron chi connectivity index (χ0n) is 19.6. The first-order valence-corrected chi connectivity index (χ1v) is 12.5. The van der Waals surface area contributed by atoms with Crippen LogP contribution in [0.2, 0.25) is 0 Å². The van der Waals surface area contributed by atoms with Crippen molar-refractivity contribution in [1.82, 2.24) is 13.9 Å². The average molecular weight is 495 g/mol. The number of carbonyl (C=O) groups is 1. The van der Waals surface area contributed by atoms with Gasteiger partial charge in [0.05, 0.1) is 17.2 Å². The van der Waals surface area contributed by atoms with Crippen LogP contribution in [0, 0.1) is 0 Å². The standard InChI is InChI=1S/C25H26N4O5S/c1-4-14-34-20-11-9-19(10-12-20)29-23(30)13-8-17-15-22(27-24(17)29)25(31)26-18-6-5-7-21(16-18)35(32,33)28(2)3/h5-13,15-16,27H,4,14H2,1-3H3,(H,26,31). The van der Waals surface area contributed by atoms with Crippen molar-refractivity contribution in [2.24, 2.45) is 0 Å². The van der Waals surface area contributed by atoms with Gasteiger partial charge in [-0.2, -0.15) is 0 Å². The van der Waals surface area contributed by atoms with Gasteiger partial charge in [-0.25, -0.2) is 12.7 Å². The maximum Gasteiger partial charge on any atom is 0.272 e. The fourth-order valence-corrected chi connectivity index (χ4v) is 4.50. The smallest absolute Gasteiger partial charge is 0.272 e. The van der Waals surface area contributed by atoms with Crippen molar-refractivity contribution in [3.05, 3.63) is 82.8 Å². The van der Waals surface area contributed by atoms with Crippen molar-refractivity contribution in [2.45, 2.75) is 18.2 Å². The molecule has 4 aromatic rings. The quantitative estimate of drug-likeness (QED) is 0.389. The molecule has 0 bridgehead atoms. The summed E-state index contributed by atoms with van der Waals surface area (Å²) >= 11 is 0.